The fourth-order valence-electron chi connectivity index (χ4n) is 2.52. The van der Waals surface area contributed by atoms with Gasteiger partial charge in [0.15, 0.2) is 0 Å². The molecule has 3 nitrogen and oxygen atoms in total. The summed E-state index contributed by atoms with van der Waals surface area (Å²) in [5.41, 5.74) is 1.60. The first kappa shape index (κ1) is 12.5. The van der Waals surface area contributed by atoms with Crippen molar-refractivity contribution in [3.63, 3.8) is 0 Å². The minimum Gasteiger partial charge on any atom is -0.314 e. The van der Waals surface area contributed by atoms with Crippen molar-refractivity contribution in [3.05, 3.63) is 30.1 Å². The number of hydrogen-bond acceptors (Lipinski definition) is 3. The van der Waals surface area contributed by atoms with Crippen molar-refractivity contribution in [2.45, 2.75) is 44.7 Å². The highest BCUT2D eigenvalue weighted by Crippen LogP contribution is 2.18. The maximum atomic E-state index is 4.14. The Labute approximate surface area is 104 Å². The highest BCUT2D eigenvalue weighted by Gasteiger charge is 2.26. The predicted octanol–water partition coefficient (Wildman–Crippen LogP) is 1.74. The molecule has 0 aliphatic carbocycles. The lowest BCUT2D eigenvalue weighted by atomic mass is 9.89. The third-order valence-electron chi connectivity index (χ3n) is 3.42. The molecule has 1 atom stereocenters. The normalized spacial score (nSPS) is 23.5. The monoisotopic (exact) mass is 233 g/mol. The summed E-state index contributed by atoms with van der Waals surface area (Å²) >= 11 is 0. The molecule has 1 saturated heterocycles. The van der Waals surface area contributed by atoms with Crippen LogP contribution in [0.2, 0.25) is 0 Å². The number of nitrogens with zero attached hydrogens (tertiary/aromatic N) is 1. The van der Waals surface area contributed by atoms with Crippen molar-refractivity contribution in [1.29, 1.82) is 0 Å². The molecule has 2 N–H and O–H groups in total. The maximum Gasteiger partial charge on any atom is 0.0300 e. The summed E-state index contributed by atoms with van der Waals surface area (Å²) in [6.07, 6.45) is 7.29. The molecule has 1 unspecified atom stereocenters. The average molecular weight is 233 g/mol. The fraction of sp³-hybridized carbons (Fsp3) is 0.643. The van der Waals surface area contributed by atoms with Gasteiger partial charge in [0, 0.05) is 24.0 Å². The van der Waals surface area contributed by atoms with Gasteiger partial charge in [-0.25, -0.2) is 0 Å². The van der Waals surface area contributed by atoms with Gasteiger partial charge in [0.05, 0.1) is 0 Å². The molecular weight excluding hydrogens is 210 g/mol. The minimum absolute atomic E-state index is 0.282. The molecule has 0 amide bonds. The fourth-order valence-corrected chi connectivity index (χ4v) is 2.52. The van der Waals surface area contributed by atoms with Gasteiger partial charge in [0.1, 0.15) is 0 Å². The lowest BCUT2D eigenvalue weighted by molar-refractivity contribution is 0.249. The van der Waals surface area contributed by atoms with E-state index in [1.165, 1.54) is 18.4 Å². The number of pyridine rings is 1. The zero-order valence-electron chi connectivity index (χ0n) is 10.9. The zero-order chi connectivity index (χ0) is 12.1. The quantitative estimate of drug-likeness (QED) is 0.832. The van der Waals surface area contributed by atoms with Crippen LogP contribution in [0.1, 0.15) is 32.3 Å². The predicted molar refractivity (Wildman–Crippen MR) is 71.0 cm³/mol. The van der Waals surface area contributed by atoms with Crippen LogP contribution in [-0.4, -0.2) is 29.7 Å². The Balaban J connectivity index is 1.72. The molecule has 3 heteroatoms. The first-order chi connectivity index (χ1) is 8.16. The third kappa shape index (κ3) is 4.10. The third-order valence-corrected chi connectivity index (χ3v) is 3.42. The highest BCUT2D eigenvalue weighted by molar-refractivity contribution is 5.08. The molecule has 1 aromatic heterocycles. The van der Waals surface area contributed by atoms with Gasteiger partial charge >= 0.3 is 0 Å². The Hall–Kier alpha value is -0.930. The molecule has 0 bridgehead atoms. The van der Waals surface area contributed by atoms with E-state index in [1.54, 1.807) is 0 Å². The smallest absolute Gasteiger partial charge is 0.0300 e. The summed E-state index contributed by atoms with van der Waals surface area (Å²) < 4.78 is 0. The number of hydrogen-bond donors (Lipinski definition) is 2. The molecule has 0 radical (unpaired) electrons. The molecule has 2 rings (SSSR count). The molecular formula is C14H23N3. The lowest BCUT2D eigenvalue weighted by Gasteiger charge is -2.37. The summed E-state index contributed by atoms with van der Waals surface area (Å²) in [5, 5.41) is 7.20. The SMILES string of the molecule is CC1(C)CC(NCCc2cccnc2)CCN1. The topological polar surface area (TPSA) is 37.0 Å². The van der Waals surface area contributed by atoms with Crippen LogP contribution in [0.5, 0.6) is 0 Å². The van der Waals surface area contributed by atoms with Gasteiger partial charge in [-0.2, -0.15) is 0 Å². The Morgan fingerprint density at radius 2 is 2.41 bits per heavy atom. The minimum atomic E-state index is 0.282. The van der Waals surface area contributed by atoms with Gasteiger partial charge in [0.25, 0.3) is 0 Å². The van der Waals surface area contributed by atoms with Gasteiger partial charge in [-0.3, -0.25) is 4.98 Å². The second kappa shape index (κ2) is 5.61. The van der Waals surface area contributed by atoms with Gasteiger partial charge in [-0.15, -0.1) is 0 Å². The van der Waals surface area contributed by atoms with Crippen molar-refractivity contribution in [1.82, 2.24) is 15.6 Å². The largest absolute Gasteiger partial charge is 0.314 e. The Bertz CT molecular complexity index is 335. The number of nitrogens with one attached hydrogen (secondary N) is 2. The van der Waals surface area contributed by atoms with E-state index in [9.17, 15) is 0 Å². The van der Waals surface area contributed by atoms with Crippen molar-refractivity contribution >= 4 is 0 Å². The standard InChI is InChI=1S/C14H23N3/c1-14(2)10-13(6-9-17-14)16-8-5-12-4-3-7-15-11-12/h3-4,7,11,13,16-17H,5-6,8-10H2,1-2H3. The summed E-state index contributed by atoms with van der Waals surface area (Å²) in [5.74, 6) is 0. The molecule has 1 aliphatic rings. The van der Waals surface area contributed by atoms with E-state index in [2.05, 4.69) is 35.5 Å². The van der Waals surface area contributed by atoms with Gasteiger partial charge in [0.2, 0.25) is 0 Å². The van der Waals surface area contributed by atoms with Crippen LogP contribution in [0.4, 0.5) is 0 Å². The van der Waals surface area contributed by atoms with Crippen LogP contribution in [-0.2, 0) is 6.42 Å². The van der Waals surface area contributed by atoms with Crippen LogP contribution >= 0.6 is 0 Å². The van der Waals surface area contributed by atoms with E-state index in [0.717, 1.165) is 19.5 Å². The van der Waals surface area contributed by atoms with E-state index in [0.29, 0.717) is 6.04 Å². The molecule has 94 valence electrons. The van der Waals surface area contributed by atoms with E-state index < -0.39 is 0 Å². The number of piperidine rings is 1. The summed E-state index contributed by atoms with van der Waals surface area (Å²) in [4.78, 5) is 4.14. The van der Waals surface area contributed by atoms with E-state index in [1.807, 2.05) is 18.5 Å². The molecule has 2 heterocycles. The molecule has 0 saturated carbocycles. The summed E-state index contributed by atoms with van der Waals surface area (Å²) in [6.45, 7) is 6.73. The average Bonchev–Trinajstić information content (AvgIpc) is 2.29. The molecule has 1 aliphatic heterocycles. The first-order valence-electron chi connectivity index (χ1n) is 6.53. The molecule has 1 aromatic rings. The maximum absolute atomic E-state index is 4.14. The second-order valence-corrected chi connectivity index (χ2v) is 5.57. The Morgan fingerprint density at radius 3 is 3.12 bits per heavy atom. The van der Waals surface area contributed by atoms with Crippen molar-refractivity contribution in [2.24, 2.45) is 0 Å². The summed E-state index contributed by atoms with van der Waals surface area (Å²) in [6, 6.07) is 4.80. The Kier molecular flexibility index (Phi) is 4.13. The van der Waals surface area contributed by atoms with E-state index in [-0.39, 0.29) is 5.54 Å². The van der Waals surface area contributed by atoms with Crippen molar-refractivity contribution < 1.29 is 0 Å². The zero-order valence-corrected chi connectivity index (χ0v) is 10.9. The number of rotatable bonds is 4. The van der Waals surface area contributed by atoms with Gasteiger partial charge in [-0.1, -0.05) is 6.07 Å². The van der Waals surface area contributed by atoms with Gasteiger partial charge < -0.3 is 10.6 Å². The Morgan fingerprint density at radius 1 is 1.53 bits per heavy atom. The van der Waals surface area contributed by atoms with Crippen LogP contribution in [0.15, 0.2) is 24.5 Å². The first-order valence-corrected chi connectivity index (χ1v) is 6.53. The molecule has 0 aromatic carbocycles. The van der Waals surface area contributed by atoms with Crippen molar-refractivity contribution in [3.8, 4) is 0 Å². The lowest BCUT2D eigenvalue weighted by Crippen LogP contribution is -2.52. The van der Waals surface area contributed by atoms with E-state index >= 15 is 0 Å². The van der Waals surface area contributed by atoms with E-state index in [4.69, 9.17) is 0 Å². The molecule has 0 spiro atoms. The van der Waals surface area contributed by atoms with Crippen LogP contribution in [0.25, 0.3) is 0 Å². The van der Waals surface area contributed by atoms with Crippen LogP contribution in [0.3, 0.4) is 0 Å². The molecule has 1 fully saturated rings. The second-order valence-electron chi connectivity index (χ2n) is 5.57. The van der Waals surface area contributed by atoms with Crippen LogP contribution < -0.4 is 10.6 Å². The van der Waals surface area contributed by atoms with Gasteiger partial charge in [-0.05, 0) is 57.8 Å². The molecule has 17 heavy (non-hydrogen) atoms. The summed E-state index contributed by atoms with van der Waals surface area (Å²) in [7, 11) is 0. The highest BCUT2D eigenvalue weighted by atomic mass is 15.0. The number of aromatic nitrogens is 1. The van der Waals surface area contributed by atoms with Crippen molar-refractivity contribution in [2.75, 3.05) is 13.1 Å². The van der Waals surface area contributed by atoms with Crippen LogP contribution in [0, 0.1) is 0 Å².